The summed E-state index contributed by atoms with van der Waals surface area (Å²) in [5.74, 6) is -0.487. The molecule has 1 unspecified atom stereocenters. The molecule has 0 aromatic carbocycles. The van der Waals surface area contributed by atoms with E-state index in [0.717, 1.165) is 12.8 Å². The Morgan fingerprint density at radius 1 is 0.848 bits per heavy atom. The highest BCUT2D eigenvalue weighted by molar-refractivity contribution is 5.21. The normalized spacial score (nSPS) is 54.9. The summed E-state index contributed by atoms with van der Waals surface area (Å²) in [5, 5.41) is 65.7. The fraction of sp³-hybridized carbons (Fsp3) is 0.926. The van der Waals surface area contributed by atoms with Crippen LogP contribution in [-0.4, -0.2) is 66.8 Å². The summed E-state index contributed by atoms with van der Waals surface area (Å²) in [7, 11) is 0. The van der Waals surface area contributed by atoms with E-state index in [2.05, 4.69) is 32.9 Å². The van der Waals surface area contributed by atoms with Gasteiger partial charge in [0.15, 0.2) is 0 Å². The molecule has 0 heterocycles. The molecule has 6 heteroatoms. The first-order chi connectivity index (χ1) is 15.3. The molecule has 4 rings (SSSR count). The number of aliphatic hydroxyl groups excluding tert-OH is 5. The summed E-state index contributed by atoms with van der Waals surface area (Å²) in [5.41, 5.74) is -1.95. The van der Waals surface area contributed by atoms with Gasteiger partial charge in [-0.1, -0.05) is 39.8 Å². The Labute approximate surface area is 198 Å². The van der Waals surface area contributed by atoms with Gasteiger partial charge in [-0.25, -0.2) is 0 Å². The lowest BCUT2D eigenvalue weighted by molar-refractivity contribution is -0.280. The zero-order valence-electron chi connectivity index (χ0n) is 20.9. The fourth-order valence-electron chi connectivity index (χ4n) is 9.09. The summed E-state index contributed by atoms with van der Waals surface area (Å²) in [6.07, 6.45) is 3.94. The predicted octanol–water partition coefficient (Wildman–Crippen LogP) is 2.24. The van der Waals surface area contributed by atoms with Crippen molar-refractivity contribution in [2.75, 3.05) is 0 Å². The van der Waals surface area contributed by atoms with Gasteiger partial charge in [0.1, 0.15) is 0 Å². The first-order valence-electron chi connectivity index (χ1n) is 13.1. The molecule has 0 saturated heterocycles. The summed E-state index contributed by atoms with van der Waals surface area (Å²) in [6, 6.07) is 0. The van der Waals surface area contributed by atoms with Crippen molar-refractivity contribution in [3.05, 3.63) is 12.2 Å². The highest BCUT2D eigenvalue weighted by Gasteiger charge is 2.71. The molecule has 190 valence electrons. The molecule has 33 heavy (non-hydrogen) atoms. The van der Waals surface area contributed by atoms with E-state index >= 15 is 0 Å². The summed E-state index contributed by atoms with van der Waals surface area (Å²) >= 11 is 0. The molecule has 0 bridgehead atoms. The lowest BCUT2D eigenvalue weighted by Gasteiger charge is -2.66. The number of allylic oxidation sites excluding steroid dienone is 1. The van der Waals surface area contributed by atoms with E-state index in [1.54, 1.807) is 6.92 Å². The van der Waals surface area contributed by atoms with E-state index in [1.165, 1.54) is 0 Å². The SMILES string of the molecule is CC(/C=C/[C@@H](C)[C@H]1C[C@@H](O)[C@@H]2[C@]1(C)CC[C@@H]1[C@@]3(C)CC[C@H](O)[C@H](O)[C@@H]3[C@@H](O)C[C@]12O)[C@@H](C)O. The Morgan fingerprint density at radius 2 is 1.48 bits per heavy atom. The van der Waals surface area contributed by atoms with Gasteiger partial charge in [0.25, 0.3) is 0 Å². The molecule has 0 aliphatic heterocycles. The van der Waals surface area contributed by atoms with E-state index in [-0.39, 0.29) is 41.4 Å². The van der Waals surface area contributed by atoms with Crippen LogP contribution in [0.3, 0.4) is 0 Å². The first-order valence-corrected chi connectivity index (χ1v) is 13.1. The summed E-state index contributed by atoms with van der Waals surface area (Å²) < 4.78 is 0. The van der Waals surface area contributed by atoms with Crippen LogP contribution in [0.15, 0.2) is 12.2 Å². The van der Waals surface area contributed by atoms with Gasteiger partial charge in [-0.2, -0.15) is 0 Å². The largest absolute Gasteiger partial charge is 0.393 e. The van der Waals surface area contributed by atoms with E-state index in [9.17, 15) is 30.6 Å². The van der Waals surface area contributed by atoms with Crippen molar-refractivity contribution in [3.8, 4) is 0 Å². The van der Waals surface area contributed by atoms with E-state index in [1.807, 2.05) is 6.92 Å². The molecule has 0 aromatic heterocycles. The van der Waals surface area contributed by atoms with Gasteiger partial charge >= 0.3 is 0 Å². The molecule has 4 aliphatic carbocycles. The van der Waals surface area contributed by atoms with Gasteiger partial charge in [-0.3, -0.25) is 0 Å². The van der Waals surface area contributed by atoms with Crippen LogP contribution in [0, 0.1) is 46.3 Å². The Morgan fingerprint density at radius 3 is 2.12 bits per heavy atom. The van der Waals surface area contributed by atoms with Crippen LogP contribution in [0.4, 0.5) is 0 Å². The number of hydrogen-bond acceptors (Lipinski definition) is 6. The second-order valence-corrected chi connectivity index (χ2v) is 12.7. The van der Waals surface area contributed by atoms with Gasteiger partial charge in [0.05, 0.1) is 36.1 Å². The molecule has 4 aliphatic rings. The number of hydrogen-bond donors (Lipinski definition) is 6. The maximum absolute atomic E-state index is 12.3. The van der Waals surface area contributed by atoms with Crippen LogP contribution in [0.2, 0.25) is 0 Å². The highest BCUT2D eigenvalue weighted by atomic mass is 16.3. The molecule has 0 spiro atoms. The quantitative estimate of drug-likeness (QED) is 0.354. The van der Waals surface area contributed by atoms with Crippen LogP contribution in [0.5, 0.6) is 0 Å². The Bertz CT molecular complexity index is 755. The van der Waals surface area contributed by atoms with Crippen molar-refractivity contribution in [2.45, 2.75) is 109 Å². The molecule has 6 N–H and O–H groups in total. The Balaban J connectivity index is 1.65. The summed E-state index contributed by atoms with van der Waals surface area (Å²) in [6.45, 7) is 10.2. The molecule has 4 saturated carbocycles. The maximum Gasteiger partial charge on any atom is 0.0857 e. The van der Waals surface area contributed by atoms with Gasteiger partial charge in [0.2, 0.25) is 0 Å². The average Bonchev–Trinajstić information content (AvgIpc) is 3.00. The second-order valence-electron chi connectivity index (χ2n) is 12.7. The molecular formula is C27H46O6. The van der Waals surface area contributed by atoms with Crippen LogP contribution in [-0.2, 0) is 0 Å². The van der Waals surface area contributed by atoms with Crippen LogP contribution in [0.1, 0.15) is 73.1 Å². The summed E-state index contributed by atoms with van der Waals surface area (Å²) in [4.78, 5) is 0. The predicted molar refractivity (Wildman–Crippen MR) is 126 cm³/mol. The van der Waals surface area contributed by atoms with Gasteiger partial charge in [0, 0.05) is 18.3 Å². The Hall–Kier alpha value is -0.500. The molecule has 0 amide bonds. The van der Waals surface area contributed by atoms with Crippen molar-refractivity contribution in [2.24, 2.45) is 46.3 Å². The van der Waals surface area contributed by atoms with E-state index in [4.69, 9.17) is 0 Å². The van der Waals surface area contributed by atoms with Gasteiger partial charge in [-0.15, -0.1) is 0 Å². The Kier molecular flexibility index (Phi) is 6.64. The number of aliphatic hydroxyl groups is 6. The lowest BCUT2D eigenvalue weighted by atomic mass is 9.41. The minimum atomic E-state index is -1.20. The minimum absolute atomic E-state index is 0.0563. The smallest absolute Gasteiger partial charge is 0.0857 e. The van der Waals surface area contributed by atoms with Crippen molar-refractivity contribution in [1.29, 1.82) is 0 Å². The average molecular weight is 467 g/mol. The van der Waals surface area contributed by atoms with E-state index < -0.39 is 47.5 Å². The van der Waals surface area contributed by atoms with E-state index in [0.29, 0.717) is 19.3 Å². The second kappa shape index (κ2) is 8.56. The number of rotatable bonds is 4. The van der Waals surface area contributed by atoms with Gasteiger partial charge in [-0.05, 0) is 73.5 Å². The van der Waals surface area contributed by atoms with Gasteiger partial charge < -0.3 is 30.6 Å². The third kappa shape index (κ3) is 3.75. The van der Waals surface area contributed by atoms with Crippen molar-refractivity contribution < 1.29 is 30.6 Å². The third-order valence-electron chi connectivity index (χ3n) is 10.9. The molecule has 6 nitrogen and oxygen atoms in total. The molecule has 0 radical (unpaired) electrons. The topological polar surface area (TPSA) is 121 Å². The fourth-order valence-corrected chi connectivity index (χ4v) is 9.09. The highest BCUT2D eigenvalue weighted by Crippen LogP contribution is 2.69. The standard InChI is InChI=1S/C27H46O6/c1-14(16(3)28)6-7-15(2)17-12-19(30)24-25(17,4)11-9-21-26(5)10-8-18(29)23(32)22(26)20(31)13-27(21,24)33/h6-7,14-24,28-33H,8-13H2,1-5H3/b7-6+/t14?,15-,16-,17-,18+,19-,20+,21-,22+,23+,24-,25-,26-,27+/m1/s1. The van der Waals surface area contributed by atoms with Crippen LogP contribution in [0.25, 0.3) is 0 Å². The monoisotopic (exact) mass is 466 g/mol. The maximum atomic E-state index is 12.3. The molecular weight excluding hydrogens is 420 g/mol. The van der Waals surface area contributed by atoms with Crippen LogP contribution < -0.4 is 0 Å². The van der Waals surface area contributed by atoms with Crippen molar-refractivity contribution in [3.63, 3.8) is 0 Å². The molecule has 14 atom stereocenters. The minimum Gasteiger partial charge on any atom is -0.393 e. The van der Waals surface area contributed by atoms with Crippen LogP contribution >= 0.6 is 0 Å². The zero-order chi connectivity index (χ0) is 24.5. The van der Waals surface area contributed by atoms with Crippen molar-refractivity contribution in [1.82, 2.24) is 0 Å². The number of fused-ring (bicyclic) bond motifs is 5. The first kappa shape index (κ1) is 25.6. The lowest BCUT2D eigenvalue weighted by Crippen LogP contribution is -2.70. The van der Waals surface area contributed by atoms with Crippen molar-refractivity contribution >= 4 is 0 Å². The molecule has 0 aromatic rings. The zero-order valence-corrected chi connectivity index (χ0v) is 20.9. The third-order valence-corrected chi connectivity index (χ3v) is 10.9. The molecule has 4 fully saturated rings.